The number of hydrogen-bond donors (Lipinski definition) is 0. The van der Waals surface area contributed by atoms with E-state index in [9.17, 15) is 0 Å². The number of rotatable bonds is 6. The van der Waals surface area contributed by atoms with Gasteiger partial charge in [-0.25, -0.2) is 0 Å². The highest BCUT2D eigenvalue weighted by atomic mass is 35.5. The van der Waals surface area contributed by atoms with Crippen LogP contribution < -0.4 is 0 Å². The minimum Gasteiger partial charge on any atom is -0.378 e. The van der Waals surface area contributed by atoms with Crippen LogP contribution in [0.15, 0.2) is 70.5 Å². The molecule has 0 spiro atoms. The summed E-state index contributed by atoms with van der Waals surface area (Å²) in [6, 6.07) is 16.2. The molecule has 184 valence electrons. The van der Waals surface area contributed by atoms with E-state index in [0.717, 1.165) is 81.9 Å². The summed E-state index contributed by atoms with van der Waals surface area (Å²) in [5, 5.41) is 8.73. The summed E-state index contributed by atoms with van der Waals surface area (Å²) in [6.45, 7) is 8.10. The number of morpholine rings is 1. The van der Waals surface area contributed by atoms with Gasteiger partial charge in [-0.3, -0.25) is 9.91 Å². The van der Waals surface area contributed by atoms with Crippen molar-refractivity contribution in [3.8, 4) is 0 Å². The molecule has 2 saturated heterocycles. The average molecular weight is 511 g/mol. The van der Waals surface area contributed by atoms with Crippen molar-refractivity contribution in [2.24, 2.45) is 5.10 Å². The minimum absolute atomic E-state index is 0.766. The van der Waals surface area contributed by atoms with Gasteiger partial charge in [0.05, 0.1) is 19.4 Å². The lowest BCUT2D eigenvalue weighted by atomic mass is 10.1. The van der Waals surface area contributed by atoms with E-state index in [-0.39, 0.29) is 0 Å². The van der Waals surface area contributed by atoms with Crippen LogP contribution >= 0.6 is 23.2 Å². The first-order valence-electron chi connectivity index (χ1n) is 12.4. The summed E-state index contributed by atoms with van der Waals surface area (Å²) in [7, 11) is 0. The molecule has 2 aliphatic heterocycles. The average Bonchev–Trinajstić information content (AvgIpc) is 3.29. The Kier molecular flexibility index (Phi) is 8.09. The molecule has 3 aliphatic rings. The molecule has 5 nitrogen and oxygen atoms in total. The fourth-order valence-corrected chi connectivity index (χ4v) is 5.28. The predicted molar refractivity (Wildman–Crippen MR) is 145 cm³/mol. The molecule has 2 heterocycles. The second kappa shape index (κ2) is 11.6. The van der Waals surface area contributed by atoms with E-state index in [1.807, 2.05) is 24.3 Å². The summed E-state index contributed by atoms with van der Waals surface area (Å²) in [5.74, 6) is 0. The molecule has 0 amide bonds. The zero-order valence-corrected chi connectivity index (χ0v) is 21.5. The number of piperazine rings is 1. The molecule has 2 aromatic carbocycles. The summed E-state index contributed by atoms with van der Waals surface area (Å²) >= 11 is 12.4. The smallest absolute Gasteiger partial charge is 0.0642 e. The molecule has 0 N–H and O–H groups in total. The molecule has 0 unspecified atom stereocenters. The van der Waals surface area contributed by atoms with Crippen molar-refractivity contribution in [2.75, 3.05) is 52.5 Å². The maximum absolute atomic E-state index is 6.35. The van der Waals surface area contributed by atoms with Crippen molar-refractivity contribution in [3.63, 3.8) is 0 Å². The highest BCUT2D eigenvalue weighted by molar-refractivity contribution is 6.31. The van der Waals surface area contributed by atoms with Gasteiger partial charge in [0, 0.05) is 61.6 Å². The molecule has 0 saturated carbocycles. The van der Waals surface area contributed by atoms with Crippen molar-refractivity contribution in [1.29, 1.82) is 0 Å². The van der Waals surface area contributed by atoms with Gasteiger partial charge >= 0.3 is 0 Å². The largest absolute Gasteiger partial charge is 0.378 e. The number of ether oxygens (including phenoxy) is 1. The summed E-state index contributed by atoms with van der Waals surface area (Å²) in [6.07, 6.45) is 6.46. The summed E-state index contributed by atoms with van der Waals surface area (Å²) in [4.78, 5) is 4.93. The minimum atomic E-state index is 0.766. The number of hydrazone groups is 1. The SMILES string of the molecule is Clc1ccc(/C=C2\CCC(/C=N\N3CCN(Cc4ccccc4Cl)CC3)=C2N2CCOCC2)cc1. The Morgan fingerprint density at radius 1 is 0.857 bits per heavy atom. The maximum atomic E-state index is 6.35. The van der Waals surface area contributed by atoms with Gasteiger partial charge < -0.3 is 9.64 Å². The van der Waals surface area contributed by atoms with Gasteiger partial charge in [-0.15, -0.1) is 0 Å². The molecule has 2 fully saturated rings. The monoisotopic (exact) mass is 510 g/mol. The molecular formula is C28H32Cl2N4O. The zero-order chi connectivity index (χ0) is 24.0. The molecule has 0 radical (unpaired) electrons. The van der Waals surface area contributed by atoms with Gasteiger partial charge in [0.2, 0.25) is 0 Å². The van der Waals surface area contributed by atoms with Crippen molar-refractivity contribution in [3.05, 3.63) is 86.5 Å². The molecule has 0 bridgehead atoms. The van der Waals surface area contributed by atoms with E-state index in [2.05, 4.69) is 51.4 Å². The highest BCUT2D eigenvalue weighted by Gasteiger charge is 2.26. The summed E-state index contributed by atoms with van der Waals surface area (Å²) in [5.41, 5.74) is 6.41. The number of nitrogens with zero attached hydrogens (tertiary/aromatic N) is 4. The van der Waals surface area contributed by atoms with Crippen molar-refractivity contribution < 1.29 is 4.74 Å². The lowest BCUT2D eigenvalue weighted by Gasteiger charge is -2.33. The van der Waals surface area contributed by atoms with E-state index >= 15 is 0 Å². The number of allylic oxidation sites excluding steroid dienone is 2. The second-order valence-electron chi connectivity index (χ2n) is 9.26. The van der Waals surface area contributed by atoms with Crippen LogP contribution in [0.5, 0.6) is 0 Å². The molecule has 2 aromatic rings. The van der Waals surface area contributed by atoms with Crippen LogP contribution in [0.1, 0.15) is 24.0 Å². The topological polar surface area (TPSA) is 31.3 Å². The van der Waals surface area contributed by atoms with Gasteiger partial charge in [-0.2, -0.15) is 5.10 Å². The first-order chi connectivity index (χ1) is 17.2. The van der Waals surface area contributed by atoms with Crippen LogP contribution in [0, 0.1) is 0 Å². The fraction of sp³-hybridized carbons (Fsp3) is 0.393. The first kappa shape index (κ1) is 24.4. The van der Waals surface area contributed by atoms with Gasteiger partial charge in [-0.05, 0) is 59.4 Å². The van der Waals surface area contributed by atoms with Gasteiger partial charge in [0.15, 0.2) is 0 Å². The summed E-state index contributed by atoms with van der Waals surface area (Å²) < 4.78 is 5.62. The van der Waals surface area contributed by atoms with Crippen molar-refractivity contribution in [2.45, 2.75) is 19.4 Å². The van der Waals surface area contributed by atoms with E-state index in [0.29, 0.717) is 0 Å². The van der Waals surface area contributed by atoms with Crippen LogP contribution in [0.25, 0.3) is 6.08 Å². The van der Waals surface area contributed by atoms with Crippen molar-refractivity contribution >= 4 is 35.5 Å². The van der Waals surface area contributed by atoms with Crippen LogP contribution in [0.3, 0.4) is 0 Å². The highest BCUT2D eigenvalue weighted by Crippen LogP contribution is 2.35. The van der Waals surface area contributed by atoms with Crippen molar-refractivity contribution in [1.82, 2.24) is 14.8 Å². The molecule has 35 heavy (non-hydrogen) atoms. The lowest BCUT2D eigenvalue weighted by molar-refractivity contribution is 0.0548. The molecule has 5 rings (SSSR count). The molecule has 1 aliphatic carbocycles. The third-order valence-corrected chi connectivity index (χ3v) is 7.51. The fourth-order valence-electron chi connectivity index (χ4n) is 4.96. The quantitative estimate of drug-likeness (QED) is 0.476. The Balaban J connectivity index is 1.27. The molecular weight excluding hydrogens is 479 g/mol. The van der Waals surface area contributed by atoms with Crippen LogP contribution in [0.2, 0.25) is 10.0 Å². The molecule has 7 heteroatoms. The normalized spacial score (nSPS) is 21.0. The Morgan fingerprint density at radius 2 is 1.60 bits per heavy atom. The zero-order valence-electron chi connectivity index (χ0n) is 20.0. The van der Waals surface area contributed by atoms with E-state index in [4.69, 9.17) is 33.0 Å². The van der Waals surface area contributed by atoms with E-state index in [1.165, 1.54) is 28.0 Å². The Bertz CT molecular complexity index is 1100. The van der Waals surface area contributed by atoms with Crippen LogP contribution in [0.4, 0.5) is 0 Å². The molecule has 0 aromatic heterocycles. The third kappa shape index (κ3) is 6.28. The standard InChI is InChI=1S/C28H32Cl2N4O/c29-26-9-5-22(6-10-26)19-23-7-8-24(28(23)33-15-17-35-18-16-33)20-31-34-13-11-32(12-14-34)21-25-3-1-2-4-27(25)30/h1-6,9-10,19-20H,7-8,11-18,21H2/b23-19+,31-20-. The Labute approximate surface area is 218 Å². The van der Waals surface area contributed by atoms with Crippen LogP contribution in [-0.2, 0) is 11.3 Å². The van der Waals surface area contributed by atoms with Gasteiger partial charge in [0.1, 0.15) is 0 Å². The number of hydrogen-bond acceptors (Lipinski definition) is 5. The number of benzene rings is 2. The molecule has 0 atom stereocenters. The van der Waals surface area contributed by atoms with Gasteiger partial charge in [0.25, 0.3) is 0 Å². The van der Waals surface area contributed by atoms with Gasteiger partial charge in [-0.1, -0.05) is 53.5 Å². The first-order valence-corrected chi connectivity index (χ1v) is 13.2. The predicted octanol–water partition coefficient (Wildman–Crippen LogP) is 5.56. The Hall–Kier alpha value is -2.31. The van der Waals surface area contributed by atoms with Crippen LogP contribution in [-0.4, -0.2) is 73.5 Å². The lowest BCUT2D eigenvalue weighted by Crippen LogP contribution is -2.43. The maximum Gasteiger partial charge on any atom is 0.0642 e. The second-order valence-corrected chi connectivity index (χ2v) is 10.1. The number of halogens is 2. The third-order valence-electron chi connectivity index (χ3n) is 6.89. The van der Waals surface area contributed by atoms with E-state index in [1.54, 1.807) is 0 Å². The Morgan fingerprint density at radius 3 is 2.34 bits per heavy atom. The van der Waals surface area contributed by atoms with E-state index < -0.39 is 0 Å².